The Morgan fingerprint density at radius 3 is 2.35 bits per heavy atom. The van der Waals surface area contributed by atoms with Crippen LogP contribution in [0.5, 0.6) is 11.5 Å². The maximum absolute atomic E-state index is 11.7. The third-order valence-corrected chi connectivity index (χ3v) is 7.27. The summed E-state index contributed by atoms with van der Waals surface area (Å²) in [6.07, 6.45) is 3.15. The van der Waals surface area contributed by atoms with Crippen molar-refractivity contribution in [2.45, 2.75) is 78.4 Å². The number of rotatable bonds is 14. The second-order valence-electron chi connectivity index (χ2n) is 10.3. The number of hydrogen-bond acceptors (Lipinski definition) is 6. The molecule has 0 saturated heterocycles. The zero-order valence-electron chi connectivity index (χ0n) is 23.7. The average Bonchev–Trinajstić information content (AvgIpc) is 2.95. The summed E-state index contributed by atoms with van der Waals surface area (Å²) < 4.78 is 17.8. The summed E-state index contributed by atoms with van der Waals surface area (Å²) in [7, 11) is 0. The molecule has 7 heteroatoms. The molecule has 1 heterocycles. The number of fused-ring (bicyclic) bond motifs is 1. The normalized spacial score (nSPS) is 14.1. The predicted octanol–water partition coefficient (Wildman–Crippen LogP) is 6.33. The molecule has 3 N–H and O–H groups in total. The van der Waals surface area contributed by atoms with E-state index in [1.165, 1.54) is 5.56 Å². The first-order valence-corrected chi connectivity index (χ1v) is 14.3. The molecule has 1 aliphatic rings. The number of aliphatic carboxylic acids is 1. The molecule has 0 radical (unpaired) electrons. The van der Waals surface area contributed by atoms with Crippen LogP contribution in [0.25, 0.3) is 11.1 Å². The second kappa shape index (κ2) is 14.3. The van der Waals surface area contributed by atoms with Gasteiger partial charge in [-0.2, -0.15) is 0 Å². The number of carboxylic acid groups (broad SMARTS) is 1. The molecule has 1 unspecified atom stereocenters. The second-order valence-corrected chi connectivity index (χ2v) is 10.3. The largest absolute Gasteiger partial charge is 0.486 e. The Labute approximate surface area is 237 Å². The van der Waals surface area contributed by atoms with Crippen molar-refractivity contribution >= 4 is 5.97 Å². The fraction of sp³-hybridized carbons (Fsp3) is 0.424. The Morgan fingerprint density at radius 2 is 1.68 bits per heavy atom. The van der Waals surface area contributed by atoms with E-state index in [0.29, 0.717) is 44.8 Å². The standard InChI is InChI=1S/C33H41NO6/c1-4-6-11-24-18-30-31(40-16-15-39-30)19-25(24)21-38-20-23-13-14-27(32(35)34-29(9-5-2)33(36)37)28(17-23)26-12-8-7-10-22(26)3/h7-8,10,12-14,17-19,29,32,34-35H,4-6,9,11,15-16,20-21H2,1-3H3,(H,36,37)/t29-,32?/m0/s1. The Bertz CT molecular complexity index is 1290. The zero-order chi connectivity index (χ0) is 28.5. The molecular weight excluding hydrogens is 506 g/mol. The van der Waals surface area contributed by atoms with E-state index in [0.717, 1.165) is 58.6 Å². The Hall–Kier alpha value is -3.39. The van der Waals surface area contributed by atoms with Crippen LogP contribution in [0, 0.1) is 6.92 Å². The van der Waals surface area contributed by atoms with Crippen LogP contribution in [0.15, 0.2) is 54.6 Å². The van der Waals surface area contributed by atoms with Gasteiger partial charge in [-0.25, -0.2) is 0 Å². The van der Waals surface area contributed by atoms with Crippen LogP contribution in [0.1, 0.15) is 73.6 Å². The summed E-state index contributed by atoms with van der Waals surface area (Å²) in [5.41, 5.74) is 6.81. The van der Waals surface area contributed by atoms with Crippen molar-refractivity contribution in [3.63, 3.8) is 0 Å². The Morgan fingerprint density at radius 1 is 0.950 bits per heavy atom. The minimum Gasteiger partial charge on any atom is -0.486 e. The van der Waals surface area contributed by atoms with Crippen molar-refractivity contribution in [1.29, 1.82) is 0 Å². The van der Waals surface area contributed by atoms with E-state index < -0.39 is 18.2 Å². The number of aryl methyl sites for hydroxylation is 2. The summed E-state index contributed by atoms with van der Waals surface area (Å²) in [6, 6.07) is 17.1. The molecule has 0 aliphatic carbocycles. The molecule has 3 aromatic carbocycles. The highest BCUT2D eigenvalue weighted by atomic mass is 16.6. The van der Waals surface area contributed by atoms with Gasteiger partial charge in [-0.1, -0.05) is 63.1 Å². The van der Waals surface area contributed by atoms with E-state index in [1.54, 1.807) is 0 Å². The fourth-order valence-electron chi connectivity index (χ4n) is 5.07. The topological polar surface area (TPSA) is 97.3 Å². The van der Waals surface area contributed by atoms with Crippen LogP contribution in [-0.2, 0) is 29.2 Å². The summed E-state index contributed by atoms with van der Waals surface area (Å²) >= 11 is 0. The van der Waals surface area contributed by atoms with Gasteiger partial charge in [-0.3, -0.25) is 10.1 Å². The van der Waals surface area contributed by atoms with Crippen LogP contribution in [0.4, 0.5) is 0 Å². The van der Waals surface area contributed by atoms with Crippen molar-refractivity contribution < 1.29 is 29.2 Å². The van der Waals surface area contributed by atoms with Gasteiger partial charge in [0.05, 0.1) is 13.2 Å². The molecule has 0 fully saturated rings. The Balaban J connectivity index is 1.56. The molecule has 7 nitrogen and oxygen atoms in total. The van der Waals surface area contributed by atoms with Crippen molar-refractivity contribution in [1.82, 2.24) is 5.32 Å². The van der Waals surface area contributed by atoms with Gasteiger partial charge in [0.1, 0.15) is 25.5 Å². The molecule has 0 amide bonds. The van der Waals surface area contributed by atoms with Crippen LogP contribution in [0.2, 0.25) is 0 Å². The zero-order valence-corrected chi connectivity index (χ0v) is 23.7. The van der Waals surface area contributed by atoms with Gasteiger partial charge >= 0.3 is 5.97 Å². The first kappa shape index (κ1) is 29.6. The number of aliphatic hydroxyl groups excluding tert-OH is 1. The molecule has 0 spiro atoms. The van der Waals surface area contributed by atoms with E-state index in [2.05, 4.69) is 18.3 Å². The number of ether oxygens (including phenoxy) is 3. The summed E-state index contributed by atoms with van der Waals surface area (Å²) in [5, 5.41) is 23.6. The molecule has 2 atom stereocenters. The van der Waals surface area contributed by atoms with Crippen LogP contribution in [-0.4, -0.2) is 35.4 Å². The number of carboxylic acids is 1. The van der Waals surface area contributed by atoms with Crippen molar-refractivity contribution in [2.75, 3.05) is 13.2 Å². The quantitative estimate of drug-likeness (QED) is 0.203. The summed E-state index contributed by atoms with van der Waals surface area (Å²) in [6.45, 7) is 8.07. The first-order valence-electron chi connectivity index (χ1n) is 14.3. The highest BCUT2D eigenvalue weighted by Gasteiger charge is 2.23. The first-order chi connectivity index (χ1) is 19.4. The maximum atomic E-state index is 11.7. The SMILES string of the molecule is CCCCc1cc2c(cc1COCc1ccc(C(O)N[C@@H](CCC)C(=O)O)c(-c3ccccc3C)c1)OCCO2. The van der Waals surface area contributed by atoms with Gasteiger partial charge in [-0.05, 0) is 77.8 Å². The van der Waals surface area contributed by atoms with E-state index >= 15 is 0 Å². The van der Waals surface area contributed by atoms with Gasteiger partial charge in [0.2, 0.25) is 0 Å². The van der Waals surface area contributed by atoms with E-state index in [-0.39, 0.29) is 0 Å². The van der Waals surface area contributed by atoms with Gasteiger partial charge < -0.3 is 24.4 Å². The smallest absolute Gasteiger partial charge is 0.320 e. The number of carbonyl (C=O) groups is 1. The molecule has 0 aromatic heterocycles. The van der Waals surface area contributed by atoms with Crippen molar-refractivity contribution in [2.24, 2.45) is 0 Å². The maximum Gasteiger partial charge on any atom is 0.320 e. The average molecular weight is 548 g/mol. The lowest BCUT2D eigenvalue weighted by Crippen LogP contribution is -2.39. The van der Waals surface area contributed by atoms with Gasteiger partial charge in [0.25, 0.3) is 0 Å². The summed E-state index contributed by atoms with van der Waals surface area (Å²) in [4.78, 5) is 11.7. The number of benzene rings is 3. The lowest BCUT2D eigenvalue weighted by atomic mass is 9.93. The third-order valence-electron chi connectivity index (χ3n) is 7.27. The predicted molar refractivity (Wildman–Crippen MR) is 156 cm³/mol. The molecule has 214 valence electrons. The molecular formula is C33H41NO6. The van der Waals surface area contributed by atoms with E-state index in [1.807, 2.05) is 62.4 Å². The molecule has 0 saturated carbocycles. The molecule has 3 aromatic rings. The van der Waals surface area contributed by atoms with Gasteiger partial charge in [0.15, 0.2) is 11.5 Å². The third kappa shape index (κ3) is 7.42. The van der Waals surface area contributed by atoms with Crippen LogP contribution < -0.4 is 14.8 Å². The molecule has 1 aliphatic heterocycles. The number of hydrogen-bond donors (Lipinski definition) is 3. The van der Waals surface area contributed by atoms with Gasteiger partial charge in [0, 0.05) is 5.56 Å². The number of aliphatic hydroxyl groups is 1. The number of unbranched alkanes of at least 4 members (excludes halogenated alkanes) is 1. The molecule has 4 rings (SSSR count). The lowest BCUT2D eigenvalue weighted by Gasteiger charge is -2.23. The minimum atomic E-state index is -1.13. The van der Waals surface area contributed by atoms with E-state index in [4.69, 9.17) is 14.2 Å². The minimum absolute atomic E-state index is 0.387. The highest BCUT2D eigenvalue weighted by molar-refractivity contribution is 5.74. The highest BCUT2D eigenvalue weighted by Crippen LogP contribution is 2.35. The molecule has 40 heavy (non-hydrogen) atoms. The monoisotopic (exact) mass is 547 g/mol. The van der Waals surface area contributed by atoms with Crippen LogP contribution >= 0.6 is 0 Å². The fourth-order valence-corrected chi connectivity index (χ4v) is 5.07. The lowest BCUT2D eigenvalue weighted by molar-refractivity contribution is -0.140. The van der Waals surface area contributed by atoms with Gasteiger partial charge in [-0.15, -0.1) is 0 Å². The molecule has 0 bridgehead atoms. The summed E-state index contributed by atoms with van der Waals surface area (Å²) in [5.74, 6) is 0.595. The van der Waals surface area contributed by atoms with Crippen LogP contribution in [0.3, 0.4) is 0 Å². The number of nitrogens with one attached hydrogen (secondary N) is 1. The van der Waals surface area contributed by atoms with Crippen molar-refractivity contribution in [3.05, 3.63) is 82.4 Å². The van der Waals surface area contributed by atoms with Crippen molar-refractivity contribution in [3.8, 4) is 22.6 Å². The Kier molecular flexibility index (Phi) is 10.6. The van der Waals surface area contributed by atoms with E-state index in [9.17, 15) is 15.0 Å².